The smallest absolute Gasteiger partial charge is 0.231 e. The van der Waals surface area contributed by atoms with Crippen molar-refractivity contribution in [2.45, 2.75) is 19.9 Å². The summed E-state index contributed by atoms with van der Waals surface area (Å²) in [6.45, 7) is 4.12. The molecule has 7 nitrogen and oxygen atoms in total. The van der Waals surface area contributed by atoms with Crippen molar-refractivity contribution in [1.82, 2.24) is 24.7 Å². The van der Waals surface area contributed by atoms with Crippen molar-refractivity contribution in [3.8, 4) is 0 Å². The molecule has 4 rings (SSSR count). The Bertz CT molecular complexity index is 1030. The molecule has 0 bridgehead atoms. The second kappa shape index (κ2) is 6.51. The first-order valence-corrected chi connectivity index (χ1v) is 8.54. The largest absolute Gasteiger partial charge is 0.363 e. The van der Waals surface area contributed by atoms with Crippen LogP contribution < -0.4 is 10.6 Å². The molecule has 26 heavy (non-hydrogen) atoms. The molecule has 0 aliphatic heterocycles. The van der Waals surface area contributed by atoms with E-state index in [1.165, 1.54) is 5.56 Å². The van der Waals surface area contributed by atoms with Gasteiger partial charge in [0.2, 0.25) is 5.95 Å². The van der Waals surface area contributed by atoms with Gasteiger partial charge in [0.1, 0.15) is 11.5 Å². The third-order valence-corrected chi connectivity index (χ3v) is 4.55. The zero-order valence-electron chi connectivity index (χ0n) is 15.0. The Hall–Kier alpha value is -3.35. The number of nitrogens with zero attached hydrogens (tertiary/aromatic N) is 4. The van der Waals surface area contributed by atoms with Gasteiger partial charge in [-0.2, -0.15) is 15.1 Å². The van der Waals surface area contributed by atoms with Gasteiger partial charge in [-0.25, -0.2) is 0 Å². The van der Waals surface area contributed by atoms with Gasteiger partial charge in [0.25, 0.3) is 0 Å². The Morgan fingerprint density at radius 3 is 2.65 bits per heavy atom. The lowest BCUT2D eigenvalue weighted by atomic mass is 10.1. The molecule has 0 radical (unpaired) electrons. The maximum absolute atomic E-state index is 4.69. The first-order chi connectivity index (χ1) is 12.6. The van der Waals surface area contributed by atoms with Gasteiger partial charge in [0, 0.05) is 19.3 Å². The van der Waals surface area contributed by atoms with Gasteiger partial charge in [-0.05, 0) is 25.5 Å². The molecule has 3 aromatic heterocycles. The highest BCUT2D eigenvalue weighted by atomic mass is 15.3. The first-order valence-electron chi connectivity index (χ1n) is 8.54. The highest BCUT2D eigenvalue weighted by Gasteiger charge is 2.13. The van der Waals surface area contributed by atoms with Crippen LogP contribution >= 0.6 is 0 Å². The number of H-pyrrole nitrogens is 1. The molecule has 0 aliphatic rings. The first kappa shape index (κ1) is 16.1. The van der Waals surface area contributed by atoms with Gasteiger partial charge in [0.05, 0.1) is 23.0 Å². The summed E-state index contributed by atoms with van der Waals surface area (Å²) in [5.74, 6) is 1.32. The van der Waals surface area contributed by atoms with Crippen LogP contribution in [0.15, 0.2) is 48.8 Å². The number of fused-ring (bicyclic) bond motifs is 1. The second-order valence-electron chi connectivity index (χ2n) is 6.30. The zero-order chi connectivity index (χ0) is 18.1. The molecule has 0 fully saturated rings. The van der Waals surface area contributed by atoms with Crippen molar-refractivity contribution in [2.75, 3.05) is 10.6 Å². The number of nitrogens with one attached hydrogen (secondary N) is 3. The molecule has 1 atom stereocenters. The van der Waals surface area contributed by atoms with Crippen LogP contribution in [0.4, 0.5) is 17.5 Å². The number of anilines is 3. The van der Waals surface area contributed by atoms with Gasteiger partial charge >= 0.3 is 0 Å². The molecule has 0 spiro atoms. The van der Waals surface area contributed by atoms with E-state index in [2.05, 4.69) is 44.8 Å². The second-order valence-corrected chi connectivity index (χ2v) is 6.30. The van der Waals surface area contributed by atoms with Crippen LogP contribution in [-0.2, 0) is 7.05 Å². The fourth-order valence-corrected chi connectivity index (χ4v) is 2.88. The van der Waals surface area contributed by atoms with Crippen LogP contribution in [0.3, 0.4) is 0 Å². The SMILES string of the molecule is Cc1c(Nc2nc(N[C@@H](C)c3ccccc3)c3cc[nH]c3n2)cnn1C. The fourth-order valence-electron chi connectivity index (χ4n) is 2.88. The summed E-state index contributed by atoms with van der Waals surface area (Å²) in [6, 6.07) is 12.4. The third kappa shape index (κ3) is 2.99. The van der Waals surface area contributed by atoms with Gasteiger partial charge < -0.3 is 15.6 Å². The minimum atomic E-state index is 0.122. The van der Waals surface area contributed by atoms with E-state index >= 15 is 0 Å². The van der Waals surface area contributed by atoms with Crippen LogP contribution in [0.25, 0.3) is 11.0 Å². The molecule has 0 saturated carbocycles. The average molecular weight is 347 g/mol. The normalized spacial score (nSPS) is 12.3. The Balaban J connectivity index is 1.67. The van der Waals surface area contributed by atoms with E-state index in [-0.39, 0.29) is 6.04 Å². The lowest BCUT2D eigenvalue weighted by Gasteiger charge is -2.16. The Labute approximate surface area is 151 Å². The van der Waals surface area contributed by atoms with Crippen molar-refractivity contribution in [2.24, 2.45) is 7.05 Å². The quantitative estimate of drug-likeness (QED) is 0.510. The summed E-state index contributed by atoms with van der Waals surface area (Å²) in [6.07, 6.45) is 3.65. The fraction of sp³-hybridized carbons (Fsp3) is 0.211. The van der Waals surface area contributed by atoms with E-state index in [1.807, 2.05) is 49.1 Å². The average Bonchev–Trinajstić information content (AvgIpc) is 3.25. The van der Waals surface area contributed by atoms with E-state index in [0.717, 1.165) is 28.2 Å². The van der Waals surface area contributed by atoms with Crippen molar-refractivity contribution in [1.29, 1.82) is 0 Å². The summed E-state index contributed by atoms with van der Waals surface area (Å²) in [5.41, 5.74) is 3.90. The number of rotatable bonds is 5. The van der Waals surface area contributed by atoms with Crippen LogP contribution in [0.2, 0.25) is 0 Å². The molecule has 0 unspecified atom stereocenters. The minimum absolute atomic E-state index is 0.122. The summed E-state index contributed by atoms with van der Waals surface area (Å²) < 4.78 is 1.81. The predicted octanol–water partition coefficient (Wildman–Crippen LogP) is 3.92. The summed E-state index contributed by atoms with van der Waals surface area (Å²) in [4.78, 5) is 12.4. The highest BCUT2D eigenvalue weighted by Crippen LogP contribution is 2.27. The maximum Gasteiger partial charge on any atom is 0.231 e. The van der Waals surface area contributed by atoms with E-state index in [4.69, 9.17) is 4.98 Å². The molecule has 1 aromatic carbocycles. The van der Waals surface area contributed by atoms with Crippen molar-refractivity contribution in [3.63, 3.8) is 0 Å². The van der Waals surface area contributed by atoms with Crippen LogP contribution in [0.5, 0.6) is 0 Å². The molecule has 3 N–H and O–H groups in total. The molecule has 0 amide bonds. The summed E-state index contributed by atoms with van der Waals surface area (Å²) in [5, 5.41) is 12.0. The number of aromatic amines is 1. The standard InChI is InChI=1S/C19H21N7/c1-12(14-7-5-4-6-8-14)22-18-15-9-10-20-17(15)24-19(25-18)23-16-11-21-26(3)13(16)2/h4-12H,1-3H3,(H3,20,22,23,24,25)/t12-/m0/s1. The van der Waals surface area contributed by atoms with Crippen LogP contribution in [-0.4, -0.2) is 24.7 Å². The summed E-state index contributed by atoms with van der Waals surface area (Å²) >= 11 is 0. The Morgan fingerprint density at radius 2 is 1.92 bits per heavy atom. The molecule has 4 aromatic rings. The number of hydrogen-bond acceptors (Lipinski definition) is 5. The molecule has 7 heteroatoms. The van der Waals surface area contributed by atoms with E-state index in [9.17, 15) is 0 Å². The number of aryl methyl sites for hydroxylation is 1. The monoisotopic (exact) mass is 347 g/mol. The topological polar surface area (TPSA) is 83.4 Å². The van der Waals surface area contributed by atoms with Crippen molar-refractivity contribution in [3.05, 3.63) is 60.0 Å². The molecule has 0 saturated heterocycles. The highest BCUT2D eigenvalue weighted by molar-refractivity contribution is 5.88. The maximum atomic E-state index is 4.69. The molecule has 132 valence electrons. The Morgan fingerprint density at radius 1 is 1.12 bits per heavy atom. The van der Waals surface area contributed by atoms with Gasteiger partial charge in [-0.15, -0.1) is 0 Å². The molecule has 0 aliphatic carbocycles. The Kier molecular flexibility index (Phi) is 4.04. The van der Waals surface area contributed by atoms with Crippen molar-refractivity contribution < 1.29 is 0 Å². The summed E-state index contributed by atoms with van der Waals surface area (Å²) in [7, 11) is 1.91. The molecular weight excluding hydrogens is 326 g/mol. The molecular formula is C19H21N7. The van der Waals surface area contributed by atoms with Gasteiger partial charge in [0.15, 0.2) is 0 Å². The predicted molar refractivity (Wildman–Crippen MR) is 104 cm³/mol. The zero-order valence-corrected chi connectivity index (χ0v) is 15.0. The van der Waals surface area contributed by atoms with E-state index in [1.54, 1.807) is 6.20 Å². The van der Waals surface area contributed by atoms with Gasteiger partial charge in [-0.1, -0.05) is 30.3 Å². The van der Waals surface area contributed by atoms with Crippen LogP contribution in [0.1, 0.15) is 24.2 Å². The minimum Gasteiger partial charge on any atom is -0.363 e. The van der Waals surface area contributed by atoms with Crippen LogP contribution in [0, 0.1) is 6.92 Å². The number of benzene rings is 1. The lowest BCUT2D eigenvalue weighted by Crippen LogP contribution is -2.10. The van der Waals surface area contributed by atoms with E-state index < -0.39 is 0 Å². The third-order valence-electron chi connectivity index (χ3n) is 4.55. The molecule has 3 heterocycles. The van der Waals surface area contributed by atoms with E-state index in [0.29, 0.717) is 5.95 Å². The van der Waals surface area contributed by atoms with Gasteiger partial charge in [-0.3, -0.25) is 4.68 Å². The van der Waals surface area contributed by atoms with Crippen molar-refractivity contribution >= 4 is 28.5 Å². The number of hydrogen-bond donors (Lipinski definition) is 3. The lowest BCUT2D eigenvalue weighted by molar-refractivity contribution is 0.740. The number of aromatic nitrogens is 5.